The predicted octanol–water partition coefficient (Wildman–Crippen LogP) is 3.21. The van der Waals surface area contributed by atoms with E-state index in [1.54, 1.807) is 20.4 Å². The normalized spacial score (nSPS) is 13.5. The molecule has 1 aliphatic carbocycles. The SMILES string of the molecule is COc1ccc(OC)c(CN(C(=O)c2ccc(C)nc2)C2CC2)c1. The van der Waals surface area contributed by atoms with E-state index < -0.39 is 0 Å². The minimum atomic E-state index is 0.00914. The first-order chi connectivity index (χ1) is 11.6. The Bertz CT molecular complexity index is 724. The number of hydrogen-bond donors (Lipinski definition) is 0. The zero-order chi connectivity index (χ0) is 17.1. The Balaban J connectivity index is 1.87. The van der Waals surface area contributed by atoms with Gasteiger partial charge in [-0.1, -0.05) is 0 Å². The van der Waals surface area contributed by atoms with Crippen LogP contribution in [0.1, 0.15) is 34.5 Å². The number of nitrogens with zero attached hydrogens (tertiary/aromatic N) is 2. The van der Waals surface area contributed by atoms with E-state index in [1.807, 2.05) is 42.2 Å². The summed E-state index contributed by atoms with van der Waals surface area (Å²) in [6.07, 6.45) is 3.73. The van der Waals surface area contributed by atoms with Gasteiger partial charge in [0.2, 0.25) is 0 Å². The van der Waals surface area contributed by atoms with E-state index in [0.29, 0.717) is 12.1 Å². The van der Waals surface area contributed by atoms with Crippen LogP contribution in [-0.4, -0.2) is 36.1 Å². The highest BCUT2D eigenvalue weighted by atomic mass is 16.5. The van der Waals surface area contributed by atoms with Crippen molar-refractivity contribution in [2.45, 2.75) is 32.4 Å². The molecule has 0 radical (unpaired) electrons. The van der Waals surface area contributed by atoms with E-state index in [4.69, 9.17) is 9.47 Å². The molecule has 2 aromatic rings. The second-order valence-corrected chi connectivity index (χ2v) is 6.03. The summed E-state index contributed by atoms with van der Waals surface area (Å²) in [5.74, 6) is 1.53. The molecule has 0 spiro atoms. The third kappa shape index (κ3) is 3.50. The third-order valence-corrected chi connectivity index (χ3v) is 4.24. The van der Waals surface area contributed by atoms with Crippen LogP contribution in [0.4, 0.5) is 0 Å². The van der Waals surface area contributed by atoms with Gasteiger partial charge in [-0.25, -0.2) is 0 Å². The first kappa shape index (κ1) is 16.3. The summed E-state index contributed by atoms with van der Waals surface area (Å²) in [6, 6.07) is 9.64. The van der Waals surface area contributed by atoms with Crippen molar-refractivity contribution in [2.24, 2.45) is 0 Å². The van der Waals surface area contributed by atoms with Gasteiger partial charge in [-0.3, -0.25) is 9.78 Å². The molecule has 1 amide bonds. The number of carbonyl (C=O) groups is 1. The van der Waals surface area contributed by atoms with E-state index in [1.165, 1.54) is 0 Å². The van der Waals surface area contributed by atoms with E-state index in [9.17, 15) is 4.79 Å². The first-order valence-electron chi connectivity index (χ1n) is 8.07. The van der Waals surface area contributed by atoms with Gasteiger partial charge in [-0.15, -0.1) is 0 Å². The zero-order valence-electron chi connectivity index (χ0n) is 14.3. The van der Waals surface area contributed by atoms with Crippen LogP contribution in [0, 0.1) is 6.92 Å². The molecule has 0 bridgehead atoms. The molecule has 0 atom stereocenters. The fourth-order valence-electron chi connectivity index (χ4n) is 2.70. The van der Waals surface area contributed by atoms with Crippen LogP contribution in [-0.2, 0) is 6.54 Å². The maximum Gasteiger partial charge on any atom is 0.255 e. The summed E-state index contributed by atoms with van der Waals surface area (Å²) in [6.45, 7) is 2.41. The smallest absolute Gasteiger partial charge is 0.255 e. The molecule has 126 valence electrons. The second kappa shape index (κ2) is 6.91. The van der Waals surface area contributed by atoms with Crippen LogP contribution < -0.4 is 9.47 Å². The Labute approximate surface area is 142 Å². The lowest BCUT2D eigenvalue weighted by Gasteiger charge is -2.24. The number of methoxy groups -OCH3 is 2. The molecule has 3 rings (SSSR count). The summed E-state index contributed by atoms with van der Waals surface area (Å²) in [5, 5.41) is 0. The third-order valence-electron chi connectivity index (χ3n) is 4.24. The Hall–Kier alpha value is -2.56. The van der Waals surface area contributed by atoms with E-state index in [2.05, 4.69) is 4.98 Å². The highest BCUT2D eigenvalue weighted by Gasteiger charge is 2.33. The Morgan fingerprint density at radius 1 is 1.21 bits per heavy atom. The van der Waals surface area contributed by atoms with Crippen molar-refractivity contribution < 1.29 is 14.3 Å². The molecule has 0 unspecified atom stereocenters. The molecule has 1 aliphatic rings. The van der Waals surface area contributed by atoms with E-state index in [0.717, 1.165) is 35.6 Å². The lowest BCUT2D eigenvalue weighted by Crippen LogP contribution is -2.32. The van der Waals surface area contributed by atoms with Gasteiger partial charge >= 0.3 is 0 Å². The van der Waals surface area contributed by atoms with Crippen molar-refractivity contribution in [3.63, 3.8) is 0 Å². The number of aromatic nitrogens is 1. The predicted molar refractivity (Wildman–Crippen MR) is 91.4 cm³/mol. The summed E-state index contributed by atoms with van der Waals surface area (Å²) in [7, 11) is 3.27. The number of amides is 1. The van der Waals surface area contributed by atoms with Crippen LogP contribution >= 0.6 is 0 Å². The monoisotopic (exact) mass is 326 g/mol. The van der Waals surface area contributed by atoms with E-state index >= 15 is 0 Å². The number of ether oxygens (including phenoxy) is 2. The molecule has 1 heterocycles. The maximum atomic E-state index is 12.9. The van der Waals surface area contributed by atoms with Crippen LogP contribution in [0.2, 0.25) is 0 Å². The molecule has 1 fully saturated rings. The van der Waals surface area contributed by atoms with Crippen molar-refractivity contribution >= 4 is 5.91 Å². The zero-order valence-corrected chi connectivity index (χ0v) is 14.3. The van der Waals surface area contributed by atoms with Crippen molar-refractivity contribution in [1.82, 2.24) is 9.88 Å². The van der Waals surface area contributed by atoms with Crippen molar-refractivity contribution in [2.75, 3.05) is 14.2 Å². The molecule has 5 heteroatoms. The Morgan fingerprint density at radius 3 is 2.58 bits per heavy atom. The fraction of sp³-hybridized carbons (Fsp3) is 0.368. The Morgan fingerprint density at radius 2 is 2.00 bits per heavy atom. The summed E-state index contributed by atoms with van der Waals surface area (Å²) in [4.78, 5) is 19.1. The molecular formula is C19H22N2O3. The Kier molecular flexibility index (Phi) is 4.69. The lowest BCUT2D eigenvalue weighted by molar-refractivity contribution is 0.0728. The van der Waals surface area contributed by atoms with Gasteiger partial charge in [0.05, 0.1) is 26.3 Å². The molecule has 1 aromatic carbocycles. The number of pyridine rings is 1. The van der Waals surface area contributed by atoms with Crippen molar-refractivity contribution in [3.05, 3.63) is 53.3 Å². The molecule has 1 aromatic heterocycles. The lowest BCUT2D eigenvalue weighted by atomic mass is 10.1. The molecule has 1 saturated carbocycles. The number of carbonyl (C=O) groups excluding carboxylic acids is 1. The minimum absolute atomic E-state index is 0.00914. The molecule has 0 saturated heterocycles. The average molecular weight is 326 g/mol. The largest absolute Gasteiger partial charge is 0.497 e. The van der Waals surface area contributed by atoms with Gasteiger partial charge in [0.25, 0.3) is 5.91 Å². The second-order valence-electron chi connectivity index (χ2n) is 6.03. The van der Waals surface area contributed by atoms with Crippen LogP contribution in [0.25, 0.3) is 0 Å². The van der Waals surface area contributed by atoms with Crippen LogP contribution in [0.3, 0.4) is 0 Å². The summed E-state index contributed by atoms with van der Waals surface area (Å²) >= 11 is 0. The minimum Gasteiger partial charge on any atom is -0.497 e. The van der Waals surface area contributed by atoms with E-state index in [-0.39, 0.29) is 11.9 Å². The molecule has 0 aliphatic heterocycles. The van der Waals surface area contributed by atoms with Gasteiger partial charge in [-0.05, 0) is 50.1 Å². The molecule has 24 heavy (non-hydrogen) atoms. The number of rotatable bonds is 6. The number of hydrogen-bond acceptors (Lipinski definition) is 4. The number of benzene rings is 1. The van der Waals surface area contributed by atoms with Gasteiger partial charge in [-0.2, -0.15) is 0 Å². The summed E-state index contributed by atoms with van der Waals surface area (Å²) < 4.78 is 10.7. The quantitative estimate of drug-likeness (QED) is 0.818. The van der Waals surface area contributed by atoms with Crippen LogP contribution in [0.15, 0.2) is 36.5 Å². The van der Waals surface area contributed by atoms with Crippen LogP contribution in [0.5, 0.6) is 11.5 Å². The van der Waals surface area contributed by atoms with Gasteiger partial charge in [0, 0.05) is 23.5 Å². The van der Waals surface area contributed by atoms with Gasteiger partial charge < -0.3 is 14.4 Å². The highest BCUT2D eigenvalue weighted by molar-refractivity contribution is 5.94. The summed E-state index contributed by atoms with van der Waals surface area (Å²) in [5.41, 5.74) is 2.46. The molecule has 0 N–H and O–H groups in total. The highest BCUT2D eigenvalue weighted by Crippen LogP contribution is 2.33. The van der Waals surface area contributed by atoms with Gasteiger partial charge in [0.15, 0.2) is 0 Å². The van der Waals surface area contributed by atoms with Gasteiger partial charge in [0.1, 0.15) is 11.5 Å². The molecular weight excluding hydrogens is 304 g/mol. The van der Waals surface area contributed by atoms with Crippen molar-refractivity contribution in [1.29, 1.82) is 0 Å². The fourth-order valence-corrected chi connectivity index (χ4v) is 2.70. The average Bonchev–Trinajstić information content (AvgIpc) is 3.44. The maximum absolute atomic E-state index is 12.9. The topological polar surface area (TPSA) is 51.7 Å². The standard InChI is InChI=1S/C19H22N2O3/c1-13-4-5-14(11-20-13)19(22)21(16-6-7-16)12-15-10-17(23-2)8-9-18(15)24-3/h4-5,8-11,16H,6-7,12H2,1-3H3. The number of aryl methyl sites for hydroxylation is 1. The molecule has 5 nitrogen and oxygen atoms in total. The van der Waals surface area contributed by atoms with Crippen molar-refractivity contribution in [3.8, 4) is 11.5 Å². The first-order valence-corrected chi connectivity index (χ1v) is 8.07.